The lowest BCUT2D eigenvalue weighted by Crippen LogP contribution is -2.28. The number of carbonyl (C=O) groups excluding carboxylic acids is 1. The minimum absolute atomic E-state index is 0.0718. The van der Waals surface area contributed by atoms with Gasteiger partial charge in [-0.25, -0.2) is 4.79 Å². The molecule has 26 heavy (non-hydrogen) atoms. The first-order valence-corrected chi connectivity index (χ1v) is 8.46. The average molecular weight is 385 g/mol. The molecule has 1 aliphatic carbocycles. The molecule has 3 nitrogen and oxygen atoms in total. The molecule has 0 radical (unpaired) electrons. The SMILES string of the molecule is CCOC(=O)c1ccc(Oc2ccc(C3(C(F)(F)F)CC3)cc2Cl)cc1. The first-order valence-electron chi connectivity index (χ1n) is 8.08. The second kappa shape index (κ2) is 6.83. The number of alkyl halides is 3. The highest BCUT2D eigenvalue weighted by molar-refractivity contribution is 6.32. The normalized spacial score (nSPS) is 15.4. The van der Waals surface area contributed by atoms with Gasteiger partial charge in [0.25, 0.3) is 0 Å². The van der Waals surface area contributed by atoms with Gasteiger partial charge >= 0.3 is 12.1 Å². The van der Waals surface area contributed by atoms with Crippen molar-refractivity contribution >= 4 is 17.6 Å². The van der Waals surface area contributed by atoms with Crippen LogP contribution in [0.2, 0.25) is 5.02 Å². The smallest absolute Gasteiger partial charge is 0.398 e. The summed E-state index contributed by atoms with van der Waals surface area (Å²) in [5, 5.41) is 0.104. The molecule has 0 amide bonds. The van der Waals surface area contributed by atoms with Crippen molar-refractivity contribution in [2.75, 3.05) is 6.61 Å². The van der Waals surface area contributed by atoms with E-state index in [9.17, 15) is 18.0 Å². The van der Waals surface area contributed by atoms with Crippen molar-refractivity contribution in [1.29, 1.82) is 0 Å². The van der Waals surface area contributed by atoms with Crippen LogP contribution in [0, 0.1) is 0 Å². The highest BCUT2D eigenvalue weighted by atomic mass is 35.5. The van der Waals surface area contributed by atoms with Crippen molar-refractivity contribution in [2.24, 2.45) is 0 Å². The maximum Gasteiger partial charge on any atom is 0.398 e. The Morgan fingerprint density at radius 3 is 2.31 bits per heavy atom. The molecule has 3 rings (SSSR count). The van der Waals surface area contributed by atoms with E-state index in [1.807, 2.05) is 0 Å². The van der Waals surface area contributed by atoms with E-state index in [4.69, 9.17) is 21.1 Å². The summed E-state index contributed by atoms with van der Waals surface area (Å²) in [5.41, 5.74) is -1.25. The Balaban J connectivity index is 1.76. The van der Waals surface area contributed by atoms with Crippen LogP contribution in [-0.4, -0.2) is 18.8 Å². The number of ether oxygens (including phenoxy) is 2. The summed E-state index contributed by atoms with van der Waals surface area (Å²) in [7, 11) is 0. The molecule has 0 heterocycles. The van der Waals surface area contributed by atoms with Crippen LogP contribution in [0.15, 0.2) is 42.5 Å². The predicted octanol–water partition coefficient (Wildman–Crippen LogP) is 5.90. The van der Waals surface area contributed by atoms with E-state index in [0.717, 1.165) is 0 Å². The molecule has 138 valence electrons. The number of halogens is 4. The third kappa shape index (κ3) is 3.51. The number of benzene rings is 2. The van der Waals surface area contributed by atoms with Crippen LogP contribution >= 0.6 is 11.6 Å². The molecule has 0 unspecified atom stereocenters. The van der Waals surface area contributed by atoms with Crippen molar-refractivity contribution in [3.63, 3.8) is 0 Å². The summed E-state index contributed by atoms with van der Waals surface area (Å²) < 4.78 is 50.1. The van der Waals surface area contributed by atoms with Crippen LogP contribution < -0.4 is 4.74 Å². The fraction of sp³-hybridized carbons (Fsp3) is 0.316. The lowest BCUT2D eigenvalue weighted by Gasteiger charge is -2.20. The molecule has 0 atom stereocenters. The summed E-state index contributed by atoms with van der Waals surface area (Å²) in [6, 6.07) is 10.3. The van der Waals surface area contributed by atoms with Crippen LogP contribution in [0.25, 0.3) is 0 Å². The summed E-state index contributed by atoms with van der Waals surface area (Å²) in [6.07, 6.45) is -4.15. The van der Waals surface area contributed by atoms with Crippen LogP contribution in [0.1, 0.15) is 35.7 Å². The van der Waals surface area contributed by atoms with Gasteiger partial charge in [-0.05, 0) is 61.7 Å². The van der Waals surface area contributed by atoms with Gasteiger partial charge in [-0.15, -0.1) is 0 Å². The Morgan fingerprint density at radius 1 is 1.15 bits per heavy atom. The van der Waals surface area contributed by atoms with Gasteiger partial charge in [0.05, 0.1) is 22.6 Å². The Morgan fingerprint density at radius 2 is 1.81 bits per heavy atom. The zero-order valence-electron chi connectivity index (χ0n) is 13.9. The molecule has 2 aromatic rings. The topological polar surface area (TPSA) is 35.5 Å². The van der Waals surface area contributed by atoms with Crippen LogP contribution in [0.5, 0.6) is 11.5 Å². The zero-order chi connectivity index (χ0) is 18.9. The predicted molar refractivity (Wildman–Crippen MR) is 90.9 cm³/mol. The minimum atomic E-state index is -4.29. The standard InChI is InChI=1S/C19H16ClF3O3/c1-2-25-17(24)12-3-6-14(7-4-12)26-16-8-5-13(11-15(16)20)18(9-10-18)19(21,22)23/h3-8,11H,2,9-10H2,1H3. The van der Waals surface area contributed by atoms with Gasteiger partial charge < -0.3 is 9.47 Å². The summed E-state index contributed by atoms with van der Waals surface area (Å²) in [5.74, 6) is 0.213. The van der Waals surface area contributed by atoms with E-state index in [1.54, 1.807) is 31.2 Å². The van der Waals surface area contributed by atoms with E-state index in [1.165, 1.54) is 18.2 Å². The molecule has 7 heteroatoms. The highest BCUT2D eigenvalue weighted by Crippen LogP contribution is 2.59. The van der Waals surface area contributed by atoms with Gasteiger partial charge in [-0.2, -0.15) is 13.2 Å². The third-order valence-corrected chi connectivity index (χ3v) is 4.67. The third-order valence-electron chi connectivity index (χ3n) is 4.37. The van der Waals surface area contributed by atoms with E-state index in [0.29, 0.717) is 11.3 Å². The molecular weight excluding hydrogens is 369 g/mol. The number of rotatable bonds is 5. The van der Waals surface area contributed by atoms with Gasteiger partial charge in [0.1, 0.15) is 11.5 Å². The summed E-state index contributed by atoms with van der Waals surface area (Å²) in [6.45, 7) is 1.99. The first-order chi connectivity index (χ1) is 12.3. The quantitative estimate of drug-likeness (QED) is 0.602. The Hall–Kier alpha value is -2.21. The van der Waals surface area contributed by atoms with Crippen LogP contribution in [0.4, 0.5) is 13.2 Å². The van der Waals surface area contributed by atoms with Crippen LogP contribution in [0.3, 0.4) is 0 Å². The van der Waals surface area contributed by atoms with Crippen LogP contribution in [-0.2, 0) is 10.2 Å². The van der Waals surface area contributed by atoms with E-state index < -0.39 is 17.6 Å². The van der Waals surface area contributed by atoms with Crippen molar-refractivity contribution in [3.8, 4) is 11.5 Å². The molecule has 1 fully saturated rings. The van der Waals surface area contributed by atoms with Crippen molar-refractivity contribution in [1.82, 2.24) is 0 Å². The molecular formula is C19H16ClF3O3. The number of carbonyl (C=O) groups is 1. The molecule has 0 spiro atoms. The Kier molecular flexibility index (Phi) is 4.88. The van der Waals surface area contributed by atoms with Gasteiger partial charge in [0, 0.05) is 0 Å². The molecule has 1 aliphatic rings. The minimum Gasteiger partial charge on any atom is -0.462 e. The lowest BCUT2D eigenvalue weighted by molar-refractivity contribution is -0.160. The van der Waals surface area contributed by atoms with Crippen molar-refractivity contribution < 1.29 is 27.4 Å². The molecule has 2 aromatic carbocycles. The van der Waals surface area contributed by atoms with E-state index >= 15 is 0 Å². The van der Waals surface area contributed by atoms with Crippen molar-refractivity contribution in [2.45, 2.75) is 31.4 Å². The largest absolute Gasteiger partial charge is 0.462 e. The molecule has 1 saturated carbocycles. The van der Waals surface area contributed by atoms with Gasteiger partial charge in [0.15, 0.2) is 0 Å². The number of hydrogen-bond donors (Lipinski definition) is 0. The number of hydrogen-bond acceptors (Lipinski definition) is 3. The fourth-order valence-electron chi connectivity index (χ4n) is 2.74. The fourth-order valence-corrected chi connectivity index (χ4v) is 2.96. The van der Waals surface area contributed by atoms with Gasteiger partial charge in [0.2, 0.25) is 0 Å². The zero-order valence-corrected chi connectivity index (χ0v) is 14.7. The Bertz CT molecular complexity index is 812. The van der Waals surface area contributed by atoms with E-state index in [-0.39, 0.29) is 35.8 Å². The second-order valence-electron chi connectivity index (χ2n) is 6.07. The van der Waals surface area contributed by atoms with Crippen molar-refractivity contribution in [3.05, 3.63) is 58.6 Å². The van der Waals surface area contributed by atoms with Gasteiger partial charge in [-0.3, -0.25) is 0 Å². The lowest BCUT2D eigenvalue weighted by atomic mass is 9.95. The summed E-state index contributed by atoms with van der Waals surface area (Å²) in [4.78, 5) is 11.6. The Labute approximate surface area is 153 Å². The maximum absolute atomic E-state index is 13.2. The average Bonchev–Trinajstić information content (AvgIpc) is 3.39. The molecule has 0 bridgehead atoms. The molecule has 0 aliphatic heterocycles. The van der Waals surface area contributed by atoms with E-state index in [2.05, 4.69) is 0 Å². The molecule has 0 aromatic heterocycles. The highest BCUT2D eigenvalue weighted by Gasteiger charge is 2.64. The maximum atomic E-state index is 13.2. The monoisotopic (exact) mass is 384 g/mol. The second-order valence-corrected chi connectivity index (χ2v) is 6.48. The summed E-state index contributed by atoms with van der Waals surface area (Å²) >= 11 is 6.12. The molecule has 0 N–H and O–H groups in total. The first kappa shape index (κ1) is 18.6. The van der Waals surface area contributed by atoms with Gasteiger partial charge in [-0.1, -0.05) is 17.7 Å². The number of esters is 1. The molecule has 0 saturated heterocycles.